The maximum absolute atomic E-state index is 5.38. The predicted octanol–water partition coefficient (Wildman–Crippen LogP) is 3.44. The minimum absolute atomic E-state index is 0. The second kappa shape index (κ2) is 12.0. The Morgan fingerprint density at radius 1 is 1.22 bits per heavy atom. The highest BCUT2D eigenvalue weighted by molar-refractivity contribution is 14.0. The fraction of sp³-hybridized carbons (Fsp3) is 0.588. The number of aryl methyl sites for hydroxylation is 1. The summed E-state index contributed by atoms with van der Waals surface area (Å²) in [6, 6.07) is 8.72. The van der Waals surface area contributed by atoms with Gasteiger partial charge in [0.25, 0.3) is 0 Å². The number of nitrogens with zero attached hydrogens (tertiary/aromatic N) is 1. The molecule has 0 fully saturated rings. The molecule has 0 unspecified atom stereocenters. The van der Waals surface area contributed by atoms with Crippen molar-refractivity contribution in [3.63, 3.8) is 0 Å². The second-order valence-electron chi connectivity index (χ2n) is 5.85. The fourth-order valence-corrected chi connectivity index (χ4v) is 2.52. The van der Waals surface area contributed by atoms with Crippen molar-refractivity contribution in [2.45, 2.75) is 32.1 Å². The number of thioether (sulfide) groups is 1. The molecule has 0 saturated carbocycles. The summed E-state index contributed by atoms with van der Waals surface area (Å²) in [6.45, 7) is 7.82. The van der Waals surface area contributed by atoms with Crippen LogP contribution in [0.3, 0.4) is 0 Å². The van der Waals surface area contributed by atoms with Crippen LogP contribution in [0.25, 0.3) is 0 Å². The van der Waals surface area contributed by atoms with Crippen molar-refractivity contribution in [2.75, 3.05) is 33.0 Å². The van der Waals surface area contributed by atoms with Gasteiger partial charge in [0.05, 0.1) is 5.60 Å². The molecular formula is C17H30IN3OS. The van der Waals surface area contributed by atoms with E-state index in [2.05, 4.69) is 46.8 Å². The summed E-state index contributed by atoms with van der Waals surface area (Å²) in [6.07, 6.45) is 0. The first kappa shape index (κ1) is 22.5. The number of nitrogens with one attached hydrogen (secondary N) is 2. The molecule has 0 aliphatic rings. The van der Waals surface area contributed by atoms with Gasteiger partial charge >= 0.3 is 0 Å². The van der Waals surface area contributed by atoms with E-state index in [-0.39, 0.29) is 29.6 Å². The summed E-state index contributed by atoms with van der Waals surface area (Å²) in [4.78, 5) is 4.22. The topological polar surface area (TPSA) is 45.7 Å². The van der Waals surface area contributed by atoms with Crippen molar-refractivity contribution in [1.29, 1.82) is 0 Å². The van der Waals surface area contributed by atoms with Crippen LogP contribution in [-0.2, 0) is 10.5 Å². The van der Waals surface area contributed by atoms with Gasteiger partial charge in [-0.2, -0.15) is 11.8 Å². The first-order valence-corrected chi connectivity index (χ1v) is 8.75. The van der Waals surface area contributed by atoms with Crippen LogP contribution >= 0.6 is 35.7 Å². The highest BCUT2D eigenvalue weighted by Crippen LogP contribution is 2.12. The third kappa shape index (κ3) is 10.1. The molecule has 4 nitrogen and oxygen atoms in total. The number of benzene rings is 1. The van der Waals surface area contributed by atoms with Crippen molar-refractivity contribution in [1.82, 2.24) is 10.6 Å². The Kier molecular flexibility index (Phi) is 11.7. The van der Waals surface area contributed by atoms with Gasteiger partial charge in [0, 0.05) is 38.8 Å². The van der Waals surface area contributed by atoms with Gasteiger partial charge < -0.3 is 15.4 Å². The molecule has 0 bridgehead atoms. The summed E-state index contributed by atoms with van der Waals surface area (Å²) in [5.41, 5.74) is 2.49. The van der Waals surface area contributed by atoms with E-state index in [4.69, 9.17) is 4.74 Å². The maximum atomic E-state index is 5.38. The zero-order valence-corrected chi connectivity index (χ0v) is 18.0. The first-order chi connectivity index (χ1) is 10.5. The van der Waals surface area contributed by atoms with Gasteiger partial charge in [-0.15, -0.1) is 24.0 Å². The molecule has 0 spiro atoms. The maximum Gasteiger partial charge on any atom is 0.191 e. The molecule has 1 rings (SSSR count). The van der Waals surface area contributed by atoms with E-state index in [1.807, 2.05) is 25.6 Å². The van der Waals surface area contributed by atoms with Gasteiger partial charge in [-0.25, -0.2) is 0 Å². The molecule has 0 aromatic heterocycles. The lowest BCUT2D eigenvalue weighted by Crippen LogP contribution is -2.45. The zero-order valence-electron chi connectivity index (χ0n) is 14.8. The van der Waals surface area contributed by atoms with E-state index in [1.165, 1.54) is 11.1 Å². The molecule has 1 aromatic rings. The van der Waals surface area contributed by atoms with Gasteiger partial charge in [0.2, 0.25) is 0 Å². The third-order valence-electron chi connectivity index (χ3n) is 3.39. The van der Waals surface area contributed by atoms with Crippen LogP contribution in [0.15, 0.2) is 29.3 Å². The van der Waals surface area contributed by atoms with Crippen LogP contribution in [-0.4, -0.2) is 44.6 Å². The fourth-order valence-electron chi connectivity index (χ4n) is 1.71. The average Bonchev–Trinajstić information content (AvgIpc) is 2.51. The average molecular weight is 451 g/mol. The SMILES string of the molecule is CN=C(NCCSCc1ccc(C)cc1)NCC(C)(C)OC.I. The van der Waals surface area contributed by atoms with Crippen LogP contribution in [0.5, 0.6) is 0 Å². The minimum atomic E-state index is -0.197. The predicted molar refractivity (Wildman–Crippen MR) is 113 cm³/mol. The van der Waals surface area contributed by atoms with Crippen LogP contribution in [0, 0.1) is 6.92 Å². The molecular weight excluding hydrogens is 421 g/mol. The van der Waals surface area contributed by atoms with Gasteiger partial charge in [0.1, 0.15) is 0 Å². The Morgan fingerprint density at radius 2 is 1.87 bits per heavy atom. The monoisotopic (exact) mass is 451 g/mol. The smallest absolute Gasteiger partial charge is 0.191 e. The Bertz CT molecular complexity index is 463. The number of aliphatic imine (C=N–C) groups is 1. The molecule has 0 aliphatic carbocycles. The van der Waals surface area contributed by atoms with E-state index in [1.54, 1.807) is 14.2 Å². The Morgan fingerprint density at radius 3 is 2.43 bits per heavy atom. The first-order valence-electron chi connectivity index (χ1n) is 7.60. The Hall–Kier alpha value is -0.470. The number of guanidine groups is 1. The van der Waals surface area contributed by atoms with Gasteiger partial charge in [0.15, 0.2) is 5.96 Å². The number of hydrogen-bond acceptors (Lipinski definition) is 3. The van der Waals surface area contributed by atoms with E-state index >= 15 is 0 Å². The minimum Gasteiger partial charge on any atom is -0.377 e. The lowest BCUT2D eigenvalue weighted by molar-refractivity contribution is 0.0268. The highest BCUT2D eigenvalue weighted by atomic mass is 127. The van der Waals surface area contributed by atoms with Crippen molar-refractivity contribution in [3.8, 4) is 0 Å². The molecule has 0 saturated heterocycles. The molecule has 0 heterocycles. The number of methoxy groups -OCH3 is 1. The lowest BCUT2D eigenvalue weighted by atomic mass is 10.1. The normalized spacial score (nSPS) is 11.8. The summed E-state index contributed by atoms with van der Waals surface area (Å²) in [5.74, 6) is 2.91. The van der Waals surface area contributed by atoms with Crippen LogP contribution < -0.4 is 10.6 Å². The van der Waals surface area contributed by atoms with E-state index in [0.29, 0.717) is 0 Å². The van der Waals surface area contributed by atoms with Gasteiger partial charge in [-0.3, -0.25) is 4.99 Å². The van der Waals surface area contributed by atoms with Crippen LogP contribution in [0.1, 0.15) is 25.0 Å². The molecule has 2 N–H and O–H groups in total. The van der Waals surface area contributed by atoms with Gasteiger partial charge in [-0.1, -0.05) is 29.8 Å². The quantitative estimate of drug-likeness (QED) is 0.275. The standard InChI is InChI=1S/C17H29N3OS.HI/c1-14-6-8-15(9-7-14)12-22-11-10-19-16(18-4)20-13-17(2,3)21-5;/h6-9H,10-13H2,1-5H3,(H2,18,19,20);1H. The number of hydrogen-bond donors (Lipinski definition) is 2. The summed E-state index contributed by atoms with van der Waals surface area (Å²) >= 11 is 1.92. The molecule has 132 valence electrons. The van der Waals surface area contributed by atoms with E-state index in [9.17, 15) is 0 Å². The largest absolute Gasteiger partial charge is 0.377 e. The van der Waals surface area contributed by atoms with Crippen LogP contribution in [0.2, 0.25) is 0 Å². The third-order valence-corrected chi connectivity index (χ3v) is 4.42. The van der Waals surface area contributed by atoms with Crippen molar-refractivity contribution in [3.05, 3.63) is 35.4 Å². The Balaban J connectivity index is 0.00000484. The van der Waals surface area contributed by atoms with Gasteiger partial charge in [-0.05, 0) is 26.3 Å². The molecule has 0 aliphatic heterocycles. The molecule has 0 radical (unpaired) electrons. The highest BCUT2D eigenvalue weighted by Gasteiger charge is 2.16. The van der Waals surface area contributed by atoms with Crippen LogP contribution in [0.4, 0.5) is 0 Å². The van der Waals surface area contributed by atoms with Crippen molar-refractivity contribution in [2.24, 2.45) is 4.99 Å². The lowest BCUT2D eigenvalue weighted by Gasteiger charge is -2.24. The molecule has 6 heteroatoms. The van der Waals surface area contributed by atoms with E-state index < -0.39 is 0 Å². The molecule has 0 amide bonds. The molecule has 23 heavy (non-hydrogen) atoms. The summed E-state index contributed by atoms with van der Waals surface area (Å²) in [7, 11) is 3.51. The Labute approximate surface area is 162 Å². The summed E-state index contributed by atoms with van der Waals surface area (Å²) < 4.78 is 5.38. The summed E-state index contributed by atoms with van der Waals surface area (Å²) in [5, 5.41) is 6.60. The van der Waals surface area contributed by atoms with Crippen molar-refractivity contribution < 1.29 is 4.74 Å². The number of ether oxygens (including phenoxy) is 1. The number of halogens is 1. The number of rotatable bonds is 8. The van der Waals surface area contributed by atoms with E-state index in [0.717, 1.165) is 30.6 Å². The second-order valence-corrected chi connectivity index (χ2v) is 6.96. The molecule has 1 aromatic carbocycles. The zero-order chi connectivity index (χ0) is 16.4. The van der Waals surface area contributed by atoms with Crippen molar-refractivity contribution >= 4 is 41.7 Å². The molecule has 0 atom stereocenters.